The van der Waals surface area contributed by atoms with Crippen LogP contribution in [0.3, 0.4) is 0 Å². The van der Waals surface area contributed by atoms with Crippen LogP contribution in [0.25, 0.3) is 0 Å². The standard InChI is InChI=1S/C16H17N3O3/c20-19(21)14-7-4-9-17-16(14)18-13-8-10-22-15(11-13)12-5-2-1-3-6-12/h1-7,9,13,15H,8,10-11H2,(H,17,18). The molecule has 6 heteroatoms. The second-order valence-corrected chi connectivity index (χ2v) is 5.26. The van der Waals surface area contributed by atoms with Crippen LogP contribution in [-0.2, 0) is 4.74 Å². The molecule has 1 aliphatic heterocycles. The van der Waals surface area contributed by atoms with Gasteiger partial charge in [0.2, 0.25) is 5.82 Å². The van der Waals surface area contributed by atoms with Crippen LogP contribution in [-0.4, -0.2) is 22.6 Å². The highest BCUT2D eigenvalue weighted by Crippen LogP contribution is 2.31. The van der Waals surface area contributed by atoms with Crippen molar-refractivity contribution in [2.24, 2.45) is 0 Å². The van der Waals surface area contributed by atoms with Crippen molar-refractivity contribution < 1.29 is 9.66 Å². The number of nitrogens with zero attached hydrogens (tertiary/aromatic N) is 2. The van der Waals surface area contributed by atoms with Crippen molar-refractivity contribution in [3.63, 3.8) is 0 Å². The van der Waals surface area contributed by atoms with E-state index in [2.05, 4.69) is 10.3 Å². The molecular formula is C16H17N3O3. The molecule has 1 aromatic heterocycles. The van der Waals surface area contributed by atoms with Gasteiger partial charge in [-0.25, -0.2) is 4.98 Å². The van der Waals surface area contributed by atoms with E-state index in [1.165, 1.54) is 6.07 Å². The van der Waals surface area contributed by atoms with Gasteiger partial charge >= 0.3 is 5.69 Å². The number of hydrogen-bond donors (Lipinski definition) is 1. The van der Waals surface area contributed by atoms with E-state index in [0.717, 1.165) is 18.4 Å². The van der Waals surface area contributed by atoms with Crippen molar-refractivity contribution in [3.8, 4) is 0 Å². The molecule has 0 spiro atoms. The van der Waals surface area contributed by atoms with Crippen LogP contribution in [0.4, 0.5) is 11.5 Å². The molecule has 0 aliphatic carbocycles. The minimum atomic E-state index is -0.413. The lowest BCUT2D eigenvalue weighted by atomic mass is 9.97. The maximum absolute atomic E-state index is 11.1. The normalized spacial score (nSPS) is 21.3. The van der Waals surface area contributed by atoms with Crippen LogP contribution in [0.2, 0.25) is 0 Å². The lowest BCUT2D eigenvalue weighted by Gasteiger charge is -2.30. The van der Waals surface area contributed by atoms with Gasteiger partial charge in [-0.1, -0.05) is 30.3 Å². The Hall–Kier alpha value is -2.47. The first-order chi connectivity index (χ1) is 10.7. The second-order valence-electron chi connectivity index (χ2n) is 5.26. The van der Waals surface area contributed by atoms with Gasteiger partial charge in [-0.15, -0.1) is 0 Å². The number of nitrogens with one attached hydrogen (secondary N) is 1. The number of aromatic nitrogens is 1. The van der Waals surface area contributed by atoms with Crippen molar-refractivity contribution in [1.29, 1.82) is 0 Å². The number of pyridine rings is 1. The predicted octanol–water partition coefficient (Wildman–Crippen LogP) is 3.32. The van der Waals surface area contributed by atoms with Gasteiger partial charge in [-0.3, -0.25) is 10.1 Å². The van der Waals surface area contributed by atoms with Gasteiger partial charge < -0.3 is 10.1 Å². The molecule has 1 fully saturated rings. The third-order valence-electron chi connectivity index (χ3n) is 3.78. The summed E-state index contributed by atoms with van der Waals surface area (Å²) in [6.45, 7) is 0.623. The number of ether oxygens (including phenoxy) is 1. The first kappa shape index (κ1) is 14.5. The van der Waals surface area contributed by atoms with Gasteiger partial charge in [-0.05, 0) is 24.5 Å². The first-order valence-corrected chi connectivity index (χ1v) is 7.26. The molecule has 1 N–H and O–H groups in total. The lowest BCUT2D eigenvalue weighted by Crippen LogP contribution is -2.30. The van der Waals surface area contributed by atoms with E-state index in [1.807, 2.05) is 30.3 Å². The van der Waals surface area contributed by atoms with Gasteiger partial charge in [0.05, 0.1) is 11.0 Å². The molecule has 1 aliphatic rings. The zero-order valence-corrected chi connectivity index (χ0v) is 12.0. The molecule has 0 amide bonds. The Balaban J connectivity index is 1.72. The van der Waals surface area contributed by atoms with Gasteiger partial charge in [0.25, 0.3) is 0 Å². The Morgan fingerprint density at radius 2 is 2.05 bits per heavy atom. The van der Waals surface area contributed by atoms with E-state index in [9.17, 15) is 10.1 Å². The Labute approximate surface area is 128 Å². The van der Waals surface area contributed by atoms with Crippen molar-refractivity contribution in [3.05, 3.63) is 64.3 Å². The van der Waals surface area contributed by atoms with Crippen molar-refractivity contribution in [2.75, 3.05) is 11.9 Å². The van der Waals surface area contributed by atoms with Crippen LogP contribution in [0, 0.1) is 10.1 Å². The topological polar surface area (TPSA) is 77.3 Å². The van der Waals surface area contributed by atoms with Crippen LogP contribution >= 0.6 is 0 Å². The zero-order chi connectivity index (χ0) is 15.4. The summed E-state index contributed by atoms with van der Waals surface area (Å²) in [5.74, 6) is 0.325. The van der Waals surface area contributed by atoms with Gasteiger partial charge in [-0.2, -0.15) is 0 Å². The summed E-state index contributed by atoms with van der Waals surface area (Å²) >= 11 is 0. The molecule has 22 heavy (non-hydrogen) atoms. The molecule has 6 nitrogen and oxygen atoms in total. The fraction of sp³-hybridized carbons (Fsp3) is 0.312. The van der Waals surface area contributed by atoms with E-state index >= 15 is 0 Å². The van der Waals surface area contributed by atoms with Crippen molar-refractivity contribution in [2.45, 2.75) is 25.0 Å². The van der Waals surface area contributed by atoms with E-state index in [0.29, 0.717) is 12.4 Å². The Morgan fingerprint density at radius 1 is 1.23 bits per heavy atom. The fourth-order valence-corrected chi connectivity index (χ4v) is 2.68. The average Bonchev–Trinajstić information content (AvgIpc) is 2.56. The number of benzene rings is 1. The molecule has 0 saturated carbocycles. The Bertz CT molecular complexity index is 648. The molecule has 0 radical (unpaired) electrons. The molecule has 2 atom stereocenters. The van der Waals surface area contributed by atoms with E-state index < -0.39 is 4.92 Å². The predicted molar refractivity (Wildman–Crippen MR) is 82.7 cm³/mol. The Kier molecular flexibility index (Phi) is 4.29. The molecule has 1 aromatic carbocycles. The molecule has 114 valence electrons. The van der Waals surface area contributed by atoms with Crippen LogP contribution < -0.4 is 5.32 Å². The summed E-state index contributed by atoms with van der Waals surface area (Å²) in [4.78, 5) is 14.7. The van der Waals surface area contributed by atoms with Gasteiger partial charge in [0, 0.05) is 24.9 Å². The smallest absolute Gasteiger partial charge is 0.311 e. The lowest BCUT2D eigenvalue weighted by molar-refractivity contribution is -0.384. The minimum absolute atomic E-state index is 0.00486. The van der Waals surface area contributed by atoms with E-state index in [4.69, 9.17) is 4.74 Å². The summed E-state index contributed by atoms with van der Waals surface area (Å²) in [6.07, 6.45) is 3.13. The fourth-order valence-electron chi connectivity index (χ4n) is 2.68. The highest BCUT2D eigenvalue weighted by Gasteiger charge is 2.26. The number of hydrogen-bond acceptors (Lipinski definition) is 5. The van der Waals surface area contributed by atoms with Crippen molar-refractivity contribution in [1.82, 2.24) is 4.98 Å². The van der Waals surface area contributed by atoms with Crippen LogP contribution in [0.5, 0.6) is 0 Å². The van der Waals surface area contributed by atoms with Crippen LogP contribution in [0.1, 0.15) is 24.5 Å². The zero-order valence-electron chi connectivity index (χ0n) is 12.0. The first-order valence-electron chi connectivity index (χ1n) is 7.26. The summed E-state index contributed by atoms with van der Waals surface area (Å²) in [6, 6.07) is 13.2. The summed E-state index contributed by atoms with van der Waals surface area (Å²) in [7, 11) is 0. The van der Waals surface area contributed by atoms with E-state index in [-0.39, 0.29) is 17.8 Å². The Morgan fingerprint density at radius 3 is 2.82 bits per heavy atom. The highest BCUT2D eigenvalue weighted by molar-refractivity contribution is 5.55. The largest absolute Gasteiger partial charge is 0.373 e. The summed E-state index contributed by atoms with van der Waals surface area (Å²) < 4.78 is 5.82. The van der Waals surface area contributed by atoms with Gasteiger partial charge in [0.15, 0.2) is 0 Å². The SMILES string of the molecule is O=[N+]([O-])c1cccnc1NC1CCOC(c2ccccc2)C1. The molecule has 2 heterocycles. The highest BCUT2D eigenvalue weighted by atomic mass is 16.6. The molecule has 2 aromatic rings. The maximum atomic E-state index is 11.1. The third-order valence-corrected chi connectivity index (χ3v) is 3.78. The molecule has 0 bridgehead atoms. The molecule has 2 unspecified atom stereocenters. The average molecular weight is 299 g/mol. The van der Waals surface area contributed by atoms with E-state index in [1.54, 1.807) is 12.3 Å². The third kappa shape index (κ3) is 3.23. The quantitative estimate of drug-likeness (QED) is 0.692. The maximum Gasteiger partial charge on any atom is 0.311 e. The van der Waals surface area contributed by atoms with Crippen molar-refractivity contribution >= 4 is 11.5 Å². The summed E-state index contributed by atoms with van der Waals surface area (Å²) in [5, 5.41) is 14.2. The van der Waals surface area contributed by atoms with Crippen LogP contribution in [0.15, 0.2) is 48.7 Å². The monoisotopic (exact) mass is 299 g/mol. The number of rotatable bonds is 4. The minimum Gasteiger partial charge on any atom is -0.373 e. The second kappa shape index (κ2) is 6.53. The molecular weight excluding hydrogens is 282 g/mol. The number of nitro groups is 1. The van der Waals surface area contributed by atoms with Gasteiger partial charge in [0.1, 0.15) is 0 Å². The molecule has 3 rings (SSSR count). The molecule has 1 saturated heterocycles. The summed E-state index contributed by atoms with van der Waals surface area (Å²) in [5.41, 5.74) is 1.13. The number of anilines is 1.